The van der Waals surface area contributed by atoms with Crippen LogP contribution in [0.15, 0.2) is 121 Å². The number of anilines is 1. The Balaban J connectivity index is 1.26. The van der Waals surface area contributed by atoms with Crippen molar-refractivity contribution in [3.8, 4) is 11.5 Å². The van der Waals surface area contributed by atoms with Crippen molar-refractivity contribution in [1.29, 1.82) is 0 Å². The van der Waals surface area contributed by atoms with Crippen molar-refractivity contribution in [1.82, 2.24) is 9.91 Å². The lowest BCUT2D eigenvalue weighted by Gasteiger charge is -2.51. The first-order valence-corrected chi connectivity index (χ1v) is 18.9. The van der Waals surface area contributed by atoms with Gasteiger partial charge in [0.15, 0.2) is 0 Å². The van der Waals surface area contributed by atoms with Crippen molar-refractivity contribution in [2.24, 2.45) is 23.7 Å². The van der Waals surface area contributed by atoms with Crippen LogP contribution in [-0.4, -0.2) is 45.8 Å². The van der Waals surface area contributed by atoms with Crippen molar-refractivity contribution in [3.05, 3.63) is 148 Å². The minimum absolute atomic E-state index is 0.0714. The second-order valence-electron chi connectivity index (χ2n) is 14.7. The second kappa shape index (κ2) is 13.3. The molecule has 2 aliphatic carbocycles. The van der Waals surface area contributed by atoms with Gasteiger partial charge in [-0.05, 0) is 77.2 Å². The number of amides is 4. The van der Waals surface area contributed by atoms with Gasteiger partial charge in [-0.3, -0.25) is 29.5 Å². The van der Waals surface area contributed by atoms with Gasteiger partial charge in [-0.1, -0.05) is 108 Å². The first-order chi connectivity index (χ1) is 26.6. The van der Waals surface area contributed by atoms with Crippen molar-refractivity contribution in [2.75, 3.05) is 12.5 Å². The Morgan fingerprint density at radius 2 is 1.55 bits per heavy atom. The SMILES string of the molecule is COc1ccc(C23C(=O)N(Nc4ccc(Cl)cc4Cl)C(=O)C2CC2C(=CCC4C(=O)N(Cc5ccccc5)C(=O)C42)C3c2ccc(O)c3ccccc23)cc1. The molecule has 9 rings (SSSR count). The number of halogens is 2. The fraction of sp³-hybridized carbons (Fsp3) is 0.227. The van der Waals surface area contributed by atoms with Crippen LogP contribution in [0.25, 0.3) is 10.8 Å². The molecule has 9 nitrogen and oxygen atoms in total. The van der Waals surface area contributed by atoms with Gasteiger partial charge in [0.1, 0.15) is 11.5 Å². The average Bonchev–Trinajstić information content (AvgIpc) is 3.57. The van der Waals surface area contributed by atoms with Gasteiger partial charge in [0.2, 0.25) is 11.8 Å². The predicted molar refractivity (Wildman–Crippen MR) is 208 cm³/mol. The van der Waals surface area contributed by atoms with Gasteiger partial charge in [0.25, 0.3) is 11.8 Å². The number of aromatic hydroxyl groups is 1. The average molecular weight is 773 g/mol. The summed E-state index contributed by atoms with van der Waals surface area (Å²) in [5.74, 6) is -4.49. The molecule has 2 heterocycles. The second-order valence-corrected chi connectivity index (χ2v) is 15.5. The summed E-state index contributed by atoms with van der Waals surface area (Å²) < 4.78 is 5.51. The zero-order chi connectivity index (χ0) is 38.2. The fourth-order valence-corrected chi connectivity index (χ4v) is 10.2. The van der Waals surface area contributed by atoms with Gasteiger partial charge in [-0.15, -0.1) is 0 Å². The molecular weight excluding hydrogens is 737 g/mol. The fourth-order valence-electron chi connectivity index (χ4n) is 9.73. The minimum Gasteiger partial charge on any atom is -0.507 e. The Hall–Kier alpha value is -5.64. The molecule has 4 aliphatic rings. The lowest BCUT2D eigenvalue weighted by molar-refractivity contribution is -0.142. The van der Waals surface area contributed by atoms with Crippen molar-refractivity contribution >= 4 is 63.3 Å². The molecule has 1 saturated carbocycles. The van der Waals surface area contributed by atoms with Crippen LogP contribution in [0.4, 0.5) is 5.69 Å². The van der Waals surface area contributed by atoms with E-state index in [4.69, 9.17) is 27.9 Å². The van der Waals surface area contributed by atoms with E-state index < -0.39 is 46.8 Å². The number of likely N-dealkylation sites (tertiary alicyclic amines) is 1. The monoisotopic (exact) mass is 771 g/mol. The largest absolute Gasteiger partial charge is 0.507 e. The molecule has 2 aliphatic heterocycles. The van der Waals surface area contributed by atoms with Crippen LogP contribution >= 0.6 is 23.2 Å². The number of phenols is 1. The number of rotatable bonds is 7. The van der Waals surface area contributed by atoms with Gasteiger partial charge in [0.05, 0.1) is 47.5 Å². The molecule has 0 radical (unpaired) electrons. The summed E-state index contributed by atoms with van der Waals surface area (Å²) in [6.45, 7) is 0.149. The normalized spacial score (nSPS) is 25.8. The van der Waals surface area contributed by atoms with Crippen LogP contribution in [-0.2, 0) is 31.1 Å². The maximum absolute atomic E-state index is 15.6. The van der Waals surface area contributed by atoms with Crippen LogP contribution in [0.2, 0.25) is 10.0 Å². The number of fused-ring (bicyclic) bond motifs is 5. The van der Waals surface area contributed by atoms with E-state index in [-0.39, 0.29) is 35.6 Å². The molecular formula is C44H35Cl2N3O6. The molecule has 276 valence electrons. The van der Waals surface area contributed by atoms with Gasteiger partial charge < -0.3 is 9.84 Å². The summed E-state index contributed by atoms with van der Waals surface area (Å²) in [5.41, 5.74) is 4.78. The smallest absolute Gasteiger partial charge is 0.260 e. The third-order valence-corrected chi connectivity index (χ3v) is 12.6. The zero-order valence-corrected chi connectivity index (χ0v) is 31.1. The Morgan fingerprint density at radius 3 is 2.27 bits per heavy atom. The molecule has 6 unspecified atom stereocenters. The molecule has 55 heavy (non-hydrogen) atoms. The Kier molecular flexibility index (Phi) is 8.47. The van der Waals surface area contributed by atoms with E-state index in [9.17, 15) is 14.7 Å². The zero-order valence-electron chi connectivity index (χ0n) is 29.6. The number of hydrogen-bond donors (Lipinski definition) is 2. The first-order valence-electron chi connectivity index (χ1n) is 18.2. The van der Waals surface area contributed by atoms with E-state index in [0.29, 0.717) is 44.8 Å². The third kappa shape index (κ3) is 5.28. The number of hydrogen-bond acceptors (Lipinski definition) is 7. The number of hydrazine groups is 1. The molecule has 5 aromatic carbocycles. The summed E-state index contributed by atoms with van der Waals surface area (Å²) in [4.78, 5) is 60.7. The van der Waals surface area contributed by atoms with Gasteiger partial charge >= 0.3 is 0 Å². The summed E-state index contributed by atoms with van der Waals surface area (Å²) in [6, 6.07) is 32.2. The molecule has 5 aromatic rings. The van der Waals surface area contributed by atoms with Crippen LogP contribution in [0.5, 0.6) is 11.5 Å². The van der Waals surface area contributed by atoms with Crippen molar-refractivity contribution in [2.45, 2.75) is 30.7 Å². The third-order valence-electron chi connectivity index (χ3n) is 12.1. The van der Waals surface area contributed by atoms with Crippen LogP contribution in [0.1, 0.15) is 35.4 Å². The molecule has 0 bridgehead atoms. The van der Waals surface area contributed by atoms with Crippen LogP contribution < -0.4 is 10.2 Å². The standard InChI is InChI=1S/C44H35Cl2N3O6/c1-55-27-14-11-25(12-15-27)44-34(41(52)49(43(44)54)47-36-19-13-26(45)21-35(36)46)22-33-31(39(44)30-18-20-37(50)29-10-6-5-9-28(29)30)16-17-32-38(33)42(53)48(40(32)51)23-24-7-3-2-4-8-24/h2-16,18-21,32-34,38-39,47,50H,17,22-23H2,1H3. The molecule has 2 N–H and O–H groups in total. The quantitative estimate of drug-likeness (QED) is 0.127. The van der Waals surface area contributed by atoms with Gasteiger partial charge in [-0.2, -0.15) is 5.01 Å². The van der Waals surface area contributed by atoms with E-state index in [1.165, 1.54) is 11.0 Å². The van der Waals surface area contributed by atoms with E-state index in [1.54, 1.807) is 37.4 Å². The van der Waals surface area contributed by atoms with Crippen LogP contribution in [0, 0.1) is 23.7 Å². The Morgan fingerprint density at radius 1 is 0.818 bits per heavy atom. The maximum Gasteiger partial charge on any atom is 0.260 e. The summed E-state index contributed by atoms with van der Waals surface area (Å²) >= 11 is 12.8. The number of ether oxygens (including phenoxy) is 1. The molecule has 2 saturated heterocycles. The summed E-state index contributed by atoms with van der Waals surface area (Å²) in [6.07, 6.45) is 2.47. The molecule has 0 aromatic heterocycles. The lowest BCUT2D eigenvalue weighted by atomic mass is 9.49. The summed E-state index contributed by atoms with van der Waals surface area (Å²) in [5, 5.41) is 14.0. The number of methoxy groups -OCH3 is 1. The Labute approximate surface area is 327 Å². The highest BCUT2D eigenvalue weighted by atomic mass is 35.5. The van der Waals surface area contributed by atoms with E-state index in [2.05, 4.69) is 5.43 Å². The lowest BCUT2D eigenvalue weighted by Crippen LogP contribution is -2.53. The molecule has 3 fully saturated rings. The number of allylic oxidation sites excluding steroid dienone is 2. The highest BCUT2D eigenvalue weighted by molar-refractivity contribution is 6.36. The van der Waals surface area contributed by atoms with E-state index in [1.807, 2.05) is 78.9 Å². The number of carbonyl (C=O) groups is 4. The minimum atomic E-state index is -1.53. The number of benzene rings is 5. The topological polar surface area (TPSA) is 116 Å². The van der Waals surface area contributed by atoms with E-state index >= 15 is 9.59 Å². The number of nitrogens with zero attached hydrogens (tertiary/aromatic N) is 2. The van der Waals surface area contributed by atoms with Crippen molar-refractivity contribution in [3.63, 3.8) is 0 Å². The Bertz CT molecular complexity index is 2450. The molecule has 11 heteroatoms. The number of phenolic OH excluding ortho intramolecular Hbond substituents is 1. The highest BCUT2D eigenvalue weighted by Crippen LogP contribution is 2.65. The molecule has 6 atom stereocenters. The predicted octanol–water partition coefficient (Wildman–Crippen LogP) is 8.05. The first kappa shape index (κ1) is 35.1. The summed E-state index contributed by atoms with van der Waals surface area (Å²) in [7, 11) is 1.56. The molecule has 4 amide bonds. The molecule has 0 spiro atoms. The number of carbonyl (C=O) groups excluding carboxylic acids is 4. The van der Waals surface area contributed by atoms with Gasteiger partial charge in [0, 0.05) is 16.3 Å². The van der Waals surface area contributed by atoms with Crippen LogP contribution in [0.3, 0.4) is 0 Å². The van der Waals surface area contributed by atoms with E-state index in [0.717, 1.165) is 16.1 Å². The maximum atomic E-state index is 15.6. The van der Waals surface area contributed by atoms with Gasteiger partial charge in [-0.25, -0.2) is 0 Å². The number of nitrogens with one attached hydrogen (secondary N) is 1. The highest BCUT2D eigenvalue weighted by Gasteiger charge is 2.70. The van der Waals surface area contributed by atoms with Crippen molar-refractivity contribution < 1.29 is 29.0 Å². The number of imide groups is 2.